The number of hydrazone groups is 2. The van der Waals surface area contributed by atoms with Gasteiger partial charge in [-0.15, -0.1) is 0 Å². The number of hydrogen-bond acceptors (Lipinski definition) is 6. The van der Waals surface area contributed by atoms with E-state index in [-0.39, 0.29) is 13.2 Å². The Morgan fingerprint density at radius 2 is 1.23 bits per heavy atom. The Morgan fingerprint density at radius 1 is 0.833 bits per heavy atom. The average Bonchev–Trinajstić information content (AvgIpc) is 2.69. The van der Waals surface area contributed by atoms with Crippen LogP contribution in [0.1, 0.15) is 11.1 Å². The van der Waals surface area contributed by atoms with E-state index < -0.39 is 11.8 Å². The summed E-state index contributed by atoms with van der Waals surface area (Å²) in [5.74, 6) is 0.201. The molecule has 0 unspecified atom stereocenters. The molecule has 2 amide bonds. The van der Waals surface area contributed by atoms with E-state index >= 15 is 0 Å². The van der Waals surface area contributed by atoms with Gasteiger partial charge in [-0.05, 0) is 61.4 Å². The number of ether oxygens (including phenoxy) is 2. The summed E-state index contributed by atoms with van der Waals surface area (Å²) in [6.07, 6.45) is 2.41. The van der Waals surface area contributed by atoms with E-state index in [0.29, 0.717) is 21.5 Å². The van der Waals surface area contributed by atoms with Gasteiger partial charge in [-0.1, -0.05) is 23.2 Å². The Morgan fingerprint density at radius 3 is 1.60 bits per heavy atom. The Labute approximate surface area is 183 Å². The third-order valence-corrected chi connectivity index (χ3v) is 4.06. The highest BCUT2D eigenvalue weighted by atomic mass is 35.5. The first-order valence-electron chi connectivity index (χ1n) is 8.75. The lowest BCUT2D eigenvalue weighted by molar-refractivity contribution is -0.123. The molecule has 0 radical (unpaired) electrons. The maximum atomic E-state index is 11.7. The molecule has 0 aliphatic heterocycles. The number of nitrogens with one attached hydrogen (secondary N) is 2. The zero-order valence-electron chi connectivity index (χ0n) is 16.3. The maximum Gasteiger partial charge on any atom is 0.277 e. The molecular formula is C20H20Cl2N4O4. The molecular weight excluding hydrogens is 431 g/mol. The van der Waals surface area contributed by atoms with Crippen molar-refractivity contribution in [2.45, 2.75) is 13.8 Å². The van der Waals surface area contributed by atoms with Crippen LogP contribution >= 0.6 is 23.2 Å². The molecule has 0 aromatic heterocycles. The second kappa shape index (κ2) is 11.8. The molecule has 0 saturated heterocycles. The smallest absolute Gasteiger partial charge is 0.277 e. The predicted octanol–water partition coefficient (Wildman–Crippen LogP) is 3.27. The highest BCUT2D eigenvalue weighted by molar-refractivity contribution is 6.31. The summed E-state index contributed by atoms with van der Waals surface area (Å²) < 4.78 is 10.8. The van der Waals surface area contributed by atoms with Crippen molar-refractivity contribution in [2.24, 2.45) is 10.2 Å². The number of halogens is 2. The van der Waals surface area contributed by atoms with Crippen molar-refractivity contribution in [1.82, 2.24) is 10.9 Å². The second-order valence-corrected chi connectivity index (χ2v) is 6.90. The number of nitrogens with zero attached hydrogens (tertiary/aromatic N) is 2. The van der Waals surface area contributed by atoms with Gasteiger partial charge in [0.25, 0.3) is 11.8 Å². The number of carbonyl (C=O) groups is 2. The number of hydrogen-bond donors (Lipinski definition) is 2. The second-order valence-electron chi connectivity index (χ2n) is 6.02. The quantitative estimate of drug-likeness (QED) is 0.451. The summed E-state index contributed by atoms with van der Waals surface area (Å²) in [5.41, 5.74) is 6.17. The highest BCUT2D eigenvalue weighted by Crippen LogP contribution is 2.22. The van der Waals surface area contributed by atoms with Crippen molar-refractivity contribution in [1.29, 1.82) is 0 Å². The lowest BCUT2D eigenvalue weighted by Gasteiger charge is -2.08. The van der Waals surface area contributed by atoms with Crippen LogP contribution in [0.5, 0.6) is 11.5 Å². The lowest BCUT2D eigenvalue weighted by atomic mass is 10.2. The molecule has 2 aromatic carbocycles. The summed E-state index contributed by atoms with van der Waals surface area (Å²) in [5, 5.41) is 8.50. The summed E-state index contributed by atoms with van der Waals surface area (Å²) in [6.45, 7) is 3.22. The van der Waals surface area contributed by atoms with Crippen molar-refractivity contribution in [3.05, 3.63) is 57.6 Å². The zero-order valence-corrected chi connectivity index (χ0v) is 17.8. The Bertz CT molecular complexity index is 886. The van der Waals surface area contributed by atoms with E-state index in [1.165, 1.54) is 12.4 Å². The minimum Gasteiger partial charge on any atom is -0.483 e. The Balaban J connectivity index is 1.64. The van der Waals surface area contributed by atoms with Gasteiger partial charge in [-0.2, -0.15) is 10.2 Å². The lowest BCUT2D eigenvalue weighted by Crippen LogP contribution is -2.25. The van der Waals surface area contributed by atoms with Crippen LogP contribution in [-0.4, -0.2) is 37.5 Å². The van der Waals surface area contributed by atoms with Crippen LogP contribution in [0.25, 0.3) is 0 Å². The molecule has 2 aromatic rings. The van der Waals surface area contributed by atoms with Gasteiger partial charge in [0, 0.05) is 10.0 Å². The van der Waals surface area contributed by atoms with Crippen LogP contribution in [0.3, 0.4) is 0 Å². The summed E-state index contributed by atoms with van der Waals surface area (Å²) in [4.78, 5) is 23.4. The molecule has 158 valence electrons. The monoisotopic (exact) mass is 450 g/mol. The highest BCUT2D eigenvalue weighted by Gasteiger charge is 2.05. The molecule has 30 heavy (non-hydrogen) atoms. The Hall–Kier alpha value is -3.10. The fraction of sp³-hybridized carbons (Fsp3) is 0.200. The molecule has 0 spiro atoms. The zero-order chi connectivity index (χ0) is 21.9. The van der Waals surface area contributed by atoms with E-state index in [4.69, 9.17) is 32.7 Å². The van der Waals surface area contributed by atoms with E-state index in [1.807, 2.05) is 13.8 Å². The van der Waals surface area contributed by atoms with E-state index in [1.54, 1.807) is 36.4 Å². The topological polar surface area (TPSA) is 101 Å². The minimum absolute atomic E-state index is 0.213. The molecule has 0 saturated carbocycles. The molecule has 0 heterocycles. The van der Waals surface area contributed by atoms with Gasteiger partial charge in [0.2, 0.25) is 0 Å². The summed E-state index contributed by atoms with van der Waals surface area (Å²) in [6, 6.07) is 10.2. The van der Waals surface area contributed by atoms with E-state index in [9.17, 15) is 9.59 Å². The van der Waals surface area contributed by atoms with Crippen molar-refractivity contribution < 1.29 is 19.1 Å². The van der Waals surface area contributed by atoms with E-state index in [0.717, 1.165) is 11.1 Å². The number of rotatable bonds is 9. The van der Waals surface area contributed by atoms with Crippen LogP contribution in [0, 0.1) is 13.8 Å². The van der Waals surface area contributed by atoms with Gasteiger partial charge in [-0.25, -0.2) is 10.9 Å². The molecule has 0 fully saturated rings. The van der Waals surface area contributed by atoms with Crippen LogP contribution in [0.15, 0.2) is 46.6 Å². The molecule has 2 rings (SSSR count). The molecule has 0 bridgehead atoms. The summed E-state index contributed by atoms with van der Waals surface area (Å²) >= 11 is 11.7. The molecule has 0 atom stereocenters. The standard InChI is InChI=1S/C20H20Cl2N4O4/c1-13-9-15(21)3-5-17(13)29-11-19(27)25-23-7-8-24-26-20(28)12-30-18-6-4-16(22)10-14(18)2/h3-10H,11-12H2,1-2H3,(H,25,27)(H,26,28)/b23-7+,24-8+. The van der Waals surface area contributed by atoms with Crippen LogP contribution in [0.4, 0.5) is 0 Å². The Kier molecular flexibility index (Phi) is 9.11. The molecule has 10 heteroatoms. The maximum absolute atomic E-state index is 11.7. The van der Waals surface area contributed by atoms with Gasteiger partial charge < -0.3 is 9.47 Å². The summed E-state index contributed by atoms with van der Waals surface area (Å²) in [7, 11) is 0. The van der Waals surface area contributed by atoms with Gasteiger partial charge in [0.05, 0.1) is 12.4 Å². The van der Waals surface area contributed by atoms with Crippen molar-refractivity contribution >= 4 is 47.4 Å². The first-order valence-corrected chi connectivity index (χ1v) is 9.51. The fourth-order valence-electron chi connectivity index (χ4n) is 2.19. The first kappa shape index (κ1) is 23.2. The predicted molar refractivity (Wildman–Crippen MR) is 117 cm³/mol. The minimum atomic E-state index is -0.454. The normalized spacial score (nSPS) is 10.9. The SMILES string of the molecule is Cc1cc(Cl)ccc1OCC(=O)N/N=C/C=N/NC(=O)COc1ccc(Cl)cc1C. The van der Waals surface area contributed by atoms with Crippen LogP contribution in [-0.2, 0) is 9.59 Å². The van der Waals surface area contributed by atoms with Gasteiger partial charge in [0.1, 0.15) is 11.5 Å². The van der Waals surface area contributed by atoms with Gasteiger partial charge >= 0.3 is 0 Å². The first-order chi connectivity index (χ1) is 14.3. The number of carbonyl (C=O) groups excluding carboxylic acids is 2. The number of benzene rings is 2. The molecule has 2 N–H and O–H groups in total. The molecule has 8 nitrogen and oxygen atoms in total. The van der Waals surface area contributed by atoms with Crippen molar-refractivity contribution in [3.8, 4) is 11.5 Å². The fourth-order valence-corrected chi connectivity index (χ4v) is 2.64. The third kappa shape index (κ3) is 8.10. The van der Waals surface area contributed by atoms with Crippen LogP contribution in [0.2, 0.25) is 10.0 Å². The number of aryl methyl sites for hydroxylation is 2. The van der Waals surface area contributed by atoms with Crippen molar-refractivity contribution in [3.63, 3.8) is 0 Å². The largest absolute Gasteiger partial charge is 0.483 e. The van der Waals surface area contributed by atoms with Gasteiger partial charge in [0.15, 0.2) is 13.2 Å². The van der Waals surface area contributed by atoms with Crippen LogP contribution < -0.4 is 20.3 Å². The van der Waals surface area contributed by atoms with Gasteiger partial charge in [-0.3, -0.25) is 9.59 Å². The third-order valence-electron chi connectivity index (χ3n) is 3.59. The van der Waals surface area contributed by atoms with Crippen molar-refractivity contribution in [2.75, 3.05) is 13.2 Å². The van der Waals surface area contributed by atoms with E-state index in [2.05, 4.69) is 21.1 Å². The molecule has 0 aliphatic carbocycles. The molecule has 0 aliphatic rings. The average molecular weight is 451 g/mol. The number of amides is 2.